The number of azide groups is 1. The van der Waals surface area contributed by atoms with Crippen LogP contribution in [0.3, 0.4) is 0 Å². The highest BCUT2D eigenvalue weighted by atomic mass is 16.4. The molecule has 76 heavy (non-hydrogen) atoms. The average Bonchev–Trinajstić information content (AvgIpc) is 3.35. The first-order valence-electron chi connectivity index (χ1n) is 22.4. The Labute approximate surface area is 426 Å². The van der Waals surface area contributed by atoms with Crippen LogP contribution in [0.4, 0.5) is 17.3 Å². The van der Waals surface area contributed by atoms with E-state index in [1.807, 2.05) is 16.0 Å². The number of anilines is 2. The van der Waals surface area contributed by atoms with E-state index in [-0.39, 0.29) is 66.3 Å². The quantitative estimate of drug-likeness (QED) is 0.0127. The number of aromatic amines is 1. The first kappa shape index (κ1) is 58.3. The lowest BCUT2D eigenvalue weighted by Crippen LogP contribution is -2.58. The molecule has 0 aliphatic rings. The maximum atomic E-state index is 13.4. The Morgan fingerprint density at radius 1 is 0.645 bits per heavy atom. The number of nitrogens with one attached hydrogen (secondary N) is 8. The Kier molecular flexibility index (Phi) is 21.6. The molecule has 0 unspecified atom stereocenters. The van der Waals surface area contributed by atoms with Gasteiger partial charge in [0.25, 0.3) is 17.4 Å². The molecule has 0 aliphatic heterocycles. The number of hydrogen-bond donors (Lipinski definition) is 14. The number of fused-ring (bicyclic) bond motifs is 1. The number of carboxylic acid groups (broad SMARTS) is 5. The molecule has 0 bridgehead atoms. The molecular formula is C44H49N15O17. The van der Waals surface area contributed by atoms with Gasteiger partial charge in [-0.05, 0) is 67.6 Å². The van der Waals surface area contributed by atoms with Crippen LogP contribution in [0.5, 0.6) is 0 Å². The van der Waals surface area contributed by atoms with Crippen LogP contribution in [0.1, 0.15) is 77.8 Å². The van der Waals surface area contributed by atoms with Gasteiger partial charge in [-0.1, -0.05) is 17.2 Å². The molecule has 2 heterocycles. The summed E-state index contributed by atoms with van der Waals surface area (Å²) in [5.41, 5.74) is 14.8. The summed E-state index contributed by atoms with van der Waals surface area (Å²) in [4.78, 5) is 167. The minimum absolute atomic E-state index is 0.0126. The number of nitrogens with two attached hydrogens (primary N) is 1. The highest BCUT2D eigenvalue weighted by Gasteiger charge is 2.34. The lowest BCUT2D eigenvalue weighted by Gasteiger charge is -2.24. The zero-order valence-electron chi connectivity index (χ0n) is 39.5. The van der Waals surface area contributed by atoms with Crippen LogP contribution in [0, 0.1) is 0 Å². The summed E-state index contributed by atoms with van der Waals surface area (Å²) in [5.74, 6) is -15.2. The summed E-state index contributed by atoms with van der Waals surface area (Å²) in [6.07, 6.45) is -3.56. The van der Waals surface area contributed by atoms with Crippen molar-refractivity contribution in [2.24, 2.45) is 5.11 Å². The molecule has 0 aliphatic carbocycles. The van der Waals surface area contributed by atoms with E-state index in [1.165, 1.54) is 54.7 Å². The van der Waals surface area contributed by atoms with Crippen LogP contribution in [-0.4, -0.2) is 148 Å². The second-order valence-corrected chi connectivity index (χ2v) is 16.2. The molecule has 32 nitrogen and oxygen atoms in total. The summed E-state index contributed by atoms with van der Waals surface area (Å²) in [6.45, 7) is 0.139. The van der Waals surface area contributed by atoms with E-state index in [2.05, 4.69) is 51.2 Å². The molecule has 5 atom stereocenters. The molecule has 0 saturated heterocycles. The highest BCUT2D eigenvalue weighted by molar-refractivity contribution is 5.99. The topological polar surface area (TPSA) is 519 Å². The number of nitrogens with zero attached hydrogens (tertiary/aromatic N) is 6. The van der Waals surface area contributed by atoms with Crippen molar-refractivity contribution < 1.29 is 78.3 Å². The second kappa shape index (κ2) is 28.1. The zero-order valence-corrected chi connectivity index (χ0v) is 39.5. The summed E-state index contributed by atoms with van der Waals surface area (Å²) in [6, 6.07) is 1.59. The first-order chi connectivity index (χ1) is 36.0. The van der Waals surface area contributed by atoms with Gasteiger partial charge in [0.2, 0.25) is 29.6 Å². The number of benzene rings is 2. The number of nitrogen functional groups attached to an aromatic ring is 1. The largest absolute Gasteiger partial charge is 0.481 e. The molecule has 15 N–H and O–H groups in total. The highest BCUT2D eigenvalue weighted by Crippen LogP contribution is 2.15. The van der Waals surface area contributed by atoms with Gasteiger partial charge in [-0.25, -0.2) is 19.6 Å². The first-order valence-corrected chi connectivity index (χ1v) is 22.4. The minimum atomic E-state index is -2.17. The third-order valence-corrected chi connectivity index (χ3v) is 10.5. The van der Waals surface area contributed by atoms with Crippen LogP contribution < -0.4 is 48.5 Å². The van der Waals surface area contributed by atoms with Gasteiger partial charge in [0.1, 0.15) is 30.2 Å². The average molecular weight is 1060 g/mol. The number of unbranched alkanes of at least 4 members (excludes halogenated alkanes) is 1. The number of aromatic nitrogens is 4. The number of aliphatic carboxylic acids is 5. The molecule has 0 radical (unpaired) electrons. The van der Waals surface area contributed by atoms with Crippen LogP contribution in [0.25, 0.3) is 21.6 Å². The molecular weight excluding hydrogens is 1010 g/mol. The number of carbonyl (C=O) groups is 11. The van der Waals surface area contributed by atoms with E-state index >= 15 is 0 Å². The van der Waals surface area contributed by atoms with E-state index in [1.54, 1.807) is 0 Å². The van der Waals surface area contributed by atoms with Crippen molar-refractivity contribution in [1.82, 2.24) is 51.8 Å². The summed E-state index contributed by atoms with van der Waals surface area (Å²) in [7, 11) is 0. The van der Waals surface area contributed by atoms with Crippen LogP contribution in [-0.2, 0) is 49.7 Å². The molecule has 2 aromatic heterocycles. The molecule has 4 rings (SSSR count). The molecule has 0 fully saturated rings. The monoisotopic (exact) mass is 1060 g/mol. The van der Waals surface area contributed by atoms with Crippen molar-refractivity contribution in [2.75, 3.05) is 17.6 Å². The van der Waals surface area contributed by atoms with E-state index in [4.69, 9.17) is 11.3 Å². The Morgan fingerprint density at radius 2 is 1.16 bits per heavy atom. The normalized spacial score (nSPS) is 12.6. The van der Waals surface area contributed by atoms with Gasteiger partial charge < -0.3 is 68.5 Å². The van der Waals surface area contributed by atoms with Crippen LogP contribution >= 0.6 is 0 Å². The third-order valence-electron chi connectivity index (χ3n) is 10.5. The molecule has 402 valence electrons. The van der Waals surface area contributed by atoms with Gasteiger partial charge in [0.05, 0.1) is 37.7 Å². The van der Waals surface area contributed by atoms with Gasteiger partial charge >= 0.3 is 29.8 Å². The second-order valence-electron chi connectivity index (χ2n) is 16.2. The Hall–Kier alpha value is -10.3. The minimum Gasteiger partial charge on any atom is -0.481 e. The van der Waals surface area contributed by atoms with Crippen molar-refractivity contribution in [3.63, 3.8) is 0 Å². The number of carboxylic acids is 5. The van der Waals surface area contributed by atoms with Crippen molar-refractivity contribution in [2.45, 2.75) is 88.1 Å². The van der Waals surface area contributed by atoms with E-state index < -0.39 is 133 Å². The van der Waals surface area contributed by atoms with E-state index in [0.717, 1.165) is 0 Å². The molecule has 0 saturated carbocycles. The van der Waals surface area contributed by atoms with Crippen molar-refractivity contribution >= 4 is 93.8 Å². The predicted molar refractivity (Wildman–Crippen MR) is 258 cm³/mol. The molecule has 0 spiro atoms. The maximum Gasteiger partial charge on any atom is 0.326 e. The van der Waals surface area contributed by atoms with E-state index in [0.29, 0.717) is 11.4 Å². The fourth-order valence-corrected chi connectivity index (χ4v) is 6.76. The van der Waals surface area contributed by atoms with Gasteiger partial charge in [-0.15, -0.1) is 0 Å². The van der Waals surface area contributed by atoms with Gasteiger partial charge in [0, 0.05) is 40.4 Å². The molecule has 4 aromatic rings. The zero-order chi connectivity index (χ0) is 56.1. The number of hydrogen-bond acceptors (Lipinski definition) is 18. The predicted octanol–water partition coefficient (Wildman–Crippen LogP) is -1.14. The Balaban J connectivity index is 1.31. The SMILES string of the molecule is [N-]=[N+]=Nc1ccc(C(=O)NCCCC[C@H](NC(=O)[C@H](CC(=O)O)NC(=O)[C@H](CC(=O)O)NC(=O)[C@@H](CC(=O)O)NC(=O)CC[C@H](NC(=O)c2ccc(NCc3cnc4nc(N)[nH]c(=O)c4n3)cc2)C(=O)O)C(=O)O)cc1. The lowest BCUT2D eigenvalue weighted by molar-refractivity contribution is -0.145. The Bertz CT molecular complexity index is 2970. The lowest BCUT2D eigenvalue weighted by atomic mass is 10.1. The fourth-order valence-electron chi connectivity index (χ4n) is 6.76. The maximum absolute atomic E-state index is 13.4. The van der Waals surface area contributed by atoms with Crippen molar-refractivity contribution in [1.29, 1.82) is 0 Å². The summed E-state index contributed by atoms with van der Waals surface area (Å²) in [5, 5.41) is 67.3. The van der Waals surface area contributed by atoms with Gasteiger partial charge in [-0.2, -0.15) is 4.98 Å². The number of rotatable bonds is 30. The van der Waals surface area contributed by atoms with E-state index in [9.17, 15) is 83.1 Å². The van der Waals surface area contributed by atoms with Crippen LogP contribution in [0.2, 0.25) is 0 Å². The fraction of sp³-hybridized carbons (Fsp3) is 0.341. The number of amides is 6. The third kappa shape index (κ3) is 18.7. The van der Waals surface area contributed by atoms with Gasteiger partial charge in [0.15, 0.2) is 11.2 Å². The van der Waals surface area contributed by atoms with Crippen molar-refractivity contribution in [3.05, 3.63) is 92.3 Å². The van der Waals surface area contributed by atoms with Crippen LogP contribution in [0.15, 0.2) is 64.6 Å². The Morgan fingerprint density at radius 3 is 1.70 bits per heavy atom. The molecule has 32 heteroatoms. The van der Waals surface area contributed by atoms with Crippen molar-refractivity contribution in [3.8, 4) is 0 Å². The van der Waals surface area contributed by atoms with Gasteiger partial charge in [-0.3, -0.25) is 52.9 Å². The molecule has 6 amide bonds. The summed E-state index contributed by atoms with van der Waals surface area (Å²) < 4.78 is 0. The smallest absolute Gasteiger partial charge is 0.326 e. The standard InChI is InChI=1S/C44H49N15O17/c45-44-56-35-34(41(72)57-44)50-24(19-49-35)18-48-22-8-4-21(5-9-22)37(68)52-26(43(75)76)12-13-30(60)51-27(15-31(61)62)38(69)54-29(17-33(65)66)40(71)55-28(16-32(63)64)39(70)53-25(42(73)74)3-1-2-14-47-36(67)20-6-10-23(11-7-20)58-59-46/h4-11,19,25-29,48H,1-3,12-18H2,(H,47,67)(H,51,60)(H,52,68)(H,53,70)(H,54,69)(H,55,71)(H,61,62)(H,63,64)(H,65,66)(H,73,74)(H,75,76)(H3,45,49,56,57,72)/t25-,26-,27+,28-,29-/m0/s1. The number of carbonyl (C=O) groups excluding carboxylic acids is 6. The number of H-pyrrole nitrogens is 1. The molecule has 2 aromatic carbocycles. The summed E-state index contributed by atoms with van der Waals surface area (Å²) >= 11 is 0.